The minimum atomic E-state index is -0.980. The average molecular weight is 513 g/mol. The number of ether oxygens (including phenoxy) is 2. The molecule has 0 aliphatic rings. The van der Waals surface area contributed by atoms with Crippen LogP contribution in [0.4, 0.5) is 4.79 Å². The van der Waals surface area contributed by atoms with Gasteiger partial charge < -0.3 is 30.3 Å². The summed E-state index contributed by atoms with van der Waals surface area (Å²) in [5, 5.41) is 22.9. The van der Waals surface area contributed by atoms with Gasteiger partial charge in [0.1, 0.15) is 17.4 Å². The van der Waals surface area contributed by atoms with Gasteiger partial charge in [0, 0.05) is 12.3 Å². The van der Waals surface area contributed by atoms with Gasteiger partial charge in [-0.1, -0.05) is 31.2 Å². The van der Waals surface area contributed by atoms with Crippen molar-refractivity contribution >= 4 is 35.7 Å². The number of para-hydroxylation sites is 1. The molecular weight excluding hydrogens is 476 g/mol. The topological polar surface area (TPSA) is 151 Å². The SMILES string of the molecule is CC/C=C\CSCC(=O)O.COC(=O)C(CCNC(=O)OC(C)(C)C)NC(=O)c1ccccc1O. The number of nitrogens with one attached hydrogen (secondary N) is 2. The van der Waals surface area contributed by atoms with Crippen molar-refractivity contribution in [3.63, 3.8) is 0 Å². The number of carboxylic acid groups (broad SMARTS) is 1. The van der Waals surface area contributed by atoms with Crippen LogP contribution in [0.25, 0.3) is 0 Å². The van der Waals surface area contributed by atoms with Crippen LogP contribution in [0.1, 0.15) is 50.9 Å². The van der Waals surface area contributed by atoms with Crippen LogP contribution in [0.2, 0.25) is 0 Å². The van der Waals surface area contributed by atoms with Gasteiger partial charge in [0.15, 0.2) is 0 Å². The summed E-state index contributed by atoms with van der Waals surface area (Å²) in [4.78, 5) is 45.6. The summed E-state index contributed by atoms with van der Waals surface area (Å²) in [6.45, 7) is 7.34. The largest absolute Gasteiger partial charge is 0.507 e. The number of methoxy groups -OCH3 is 1. The van der Waals surface area contributed by atoms with E-state index in [2.05, 4.69) is 22.3 Å². The number of hydrogen-bond acceptors (Lipinski definition) is 8. The van der Waals surface area contributed by atoms with Gasteiger partial charge in [0.05, 0.1) is 18.4 Å². The Kier molecular flexibility index (Phi) is 15.7. The second kappa shape index (κ2) is 17.3. The van der Waals surface area contributed by atoms with Gasteiger partial charge in [-0.25, -0.2) is 9.59 Å². The number of carboxylic acids is 1. The van der Waals surface area contributed by atoms with Gasteiger partial charge >= 0.3 is 18.0 Å². The normalized spacial score (nSPS) is 11.6. The van der Waals surface area contributed by atoms with Gasteiger partial charge in [-0.3, -0.25) is 9.59 Å². The third-order valence-corrected chi connectivity index (χ3v) is 4.76. The number of aliphatic carboxylic acids is 1. The Hall–Kier alpha value is -3.21. The van der Waals surface area contributed by atoms with Crippen molar-refractivity contribution in [1.82, 2.24) is 10.6 Å². The number of phenols is 1. The first kappa shape index (κ1) is 31.8. The molecule has 35 heavy (non-hydrogen) atoms. The molecule has 0 bridgehead atoms. The highest BCUT2D eigenvalue weighted by molar-refractivity contribution is 8.00. The molecule has 1 atom stereocenters. The highest BCUT2D eigenvalue weighted by atomic mass is 32.2. The third-order valence-electron chi connectivity index (χ3n) is 3.88. The Balaban J connectivity index is 0.000000972. The number of amides is 2. The molecule has 0 heterocycles. The molecule has 2 amide bonds. The molecule has 1 rings (SSSR count). The van der Waals surface area contributed by atoms with Gasteiger partial charge in [-0.2, -0.15) is 0 Å². The standard InChI is InChI=1S/C17H24N2O6.C7H12O2S/c1-17(2,3)25-16(23)18-10-9-12(15(22)24-4)19-14(21)11-7-5-6-8-13(11)20;1-2-3-4-5-10-6-7(8)9/h5-8,12,20H,9-10H2,1-4H3,(H,18,23)(H,19,21);3-4H,2,5-6H2,1H3,(H,8,9)/b;4-3-. The molecule has 0 aliphatic heterocycles. The minimum Gasteiger partial charge on any atom is -0.507 e. The highest BCUT2D eigenvalue weighted by Gasteiger charge is 2.24. The number of hydrogen-bond donors (Lipinski definition) is 4. The summed E-state index contributed by atoms with van der Waals surface area (Å²) >= 11 is 1.41. The van der Waals surface area contributed by atoms with Crippen molar-refractivity contribution in [2.45, 2.75) is 52.2 Å². The third kappa shape index (κ3) is 16.1. The summed E-state index contributed by atoms with van der Waals surface area (Å²) in [6.07, 6.45) is 4.53. The first-order valence-corrected chi connectivity index (χ1v) is 12.1. The lowest BCUT2D eigenvalue weighted by atomic mass is 10.1. The first-order chi connectivity index (χ1) is 16.4. The molecule has 0 fully saturated rings. The Morgan fingerprint density at radius 2 is 1.80 bits per heavy atom. The molecule has 1 unspecified atom stereocenters. The van der Waals surface area contributed by atoms with Crippen molar-refractivity contribution in [2.24, 2.45) is 0 Å². The molecular formula is C24H36N2O8S. The average Bonchev–Trinajstić information content (AvgIpc) is 2.77. The predicted molar refractivity (Wildman–Crippen MR) is 135 cm³/mol. The highest BCUT2D eigenvalue weighted by Crippen LogP contribution is 2.15. The van der Waals surface area contributed by atoms with Crippen molar-refractivity contribution in [1.29, 1.82) is 0 Å². The summed E-state index contributed by atoms with van der Waals surface area (Å²) in [6, 6.07) is 4.98. The van der Waals surface area contributed by atoms with E-state index in [-0.39, 0.29) is 30.0 Å². The van der Waals surface area contributed by atoms with Crippen molar-refractivity contribution < 1.29 is 38.9 Å². The lowest BCUT2D eigenvalue weighted by molar-refractivity contribution is -0.143. The molecule has 0 saturated carbocycles. The van der Waals surface area contributed by atoms with E-state index in [0.29, 0.717) is 0 Å². The molecule has 1 aromatic rings. The number of carbonyl (C=O) groups excluding carboxylic acids is 3. The minimum absolute atomic E-state index is 0.0384. The molecule has 1 aromatic carbocycles. The van der Waals surface area contributed by atoms with Crippen LogP contribution < -0.4 is 10.6 Å². The smallest absolute Gasteiger partial charge is 0.407 e. The second-order valence-corrected chi connectivity index (χ2v) is 9.10. The van der Waals surface area contributed by atoms with E-state index in [1.165, 1.54) is 31.0 Å². The second-order valence-electron chi connectivity index (χ2n) is 8.07. The number of esters is 1. The van der Waals surface area contributed by atoms with Crippen LogP contribution in [0.3, 0.4) is 0 Å². The quantitative estimate of drug-likeness (QED) is 0.199. The van der Waals surface area contributed by atoms with E-state index >= 15 is 0 Å². The van der Waals surface area contributed by atoms with Crippen molar-refractivity contribution in [3.8, 4) is 5.75 Å². The summed E-state index contributed by atoms with van der Waals surface area (Å²) in [7, 11) is 1.20. The molecule has 0 aliphatic carbocycles. The summed E-state index contributed by atoms with van der Waals surface area (Å²) in [5.74, 6) is -1.21. The maximum Gasteiger partial charge on any atom is 0.407 e. The van der Waals surface area contributed by atoms with E-state index in [0.717, 1.165) is 12.2 Å². The van der Waals surface area contributed by atoms with Crippen LogP contribution in [0.5, 0.6) is 5.75 Å². The summed E-state index contributed by atoms with van der Waals surface area (Å²) in [5.41, 5.74) is -0.596. The van der Waals surface area contributed by atoms with E-state index in [1.807, 2.05) is 12.2 Å². The number of allylic oxidation sites excluding steroid dienone is 1. The van der Waals surface area contributed by atoms with E-state index in [9.17, 15) is 24.3 Å². The van der Waals surface area contributed by atoms with Gasteiger partial charge in [0.2, 0.25) is 0 Å². The molecule has 11 heteroatoms. The van der Waals surface area contributed by atoms with E-state index in [1.54, 1.807) is 32.9 Å². The Bertz CT molecular complexity index is 852. The molecule has 196 valence electrons. The zero-order valence-corrected chi connectivity index (χ0v) is 21.6. The number of benzene rings is 1. The van der Waals surface area contributed by atoms with Crippen LogP contribution >= 0.6 is 11.8 Å². The molecule has 10 nitrogen and oxygen atoms in total. The zero-order valence-electron chi connectivity index (χ0n) is 20.8. The maximum absolute atomic E-state index is 12.2. The van der Waals surface area contributed by atoms with Crippen LogP contribution in [0, 0.1) is 0 Å². The maximum atomic E-state index is 12.2. The Morgan fingerprint density at radius 3 is 2.34 bits per heavy atom. The number of rotatable bonds is 11. The van der Waals surface area contributed by atoms with Gasteiger partial charge in [-0.15, -0.1) is 11.8 Å². The number of phenolic OH excluding ortho intramolecular Hbond substituents is 1. The molecule has 0 radical (unpaired) electrons. The first-order valence-electron chi connectivity index (χ1n) is 11.0. The van der Waals surface area contributed by atoms with Gasteiger partial charge in [-0.05, 0) is 45.7 Å². The zero-order chi connectivity index (χ0) is 26.9. The molecule has 0 saturated heterocycles. The Morgan fingerprint density at radius 1 is 1.14 bits per heavy atom. The van der Waals surface area contributed by atoms with E-state index in [4.69, 9.17) is 9.84 Å². The number of carbonyl (C=O) groups is 4. The van der Waals surface area contributed by atoms with Crippen molar-refractivity contribution in [2.75, 3.05) is 25.2 Å². The van der Waals surface area contributed by atoms with Crippen molar-refractivity contribution in [3.05, 3.63) is 42.0 Å². The number of alkyl carbamates (subject to hydrolysis) is 1. The predicted octanol–water partition coefficient (Wildman–Crippen LogP) is 3.35. The lowest BCUT2D eigenvalue weighted by Crippen LogP contribution is -2.44. The Labute approximate surface area is 210 Å². The van der Waals surface area contributed by atoms with E-state index < -0.39 is 35.6 Å². The van der Waals surface area contributed by atoms with Crippen LogP contribution in [-0.4, -0.2) is 71.0 Å². The fourth-order valence-corrected chi connectivity index (χ4v) is 2.94. The molecule has 0 aromatic heterocycles. The molecule has 4 N–H and O–H groups in total. The number of aromatic hydroxyl groups is 1. The van der Waals surface area contributed by atoms with Crippen LogP contribution in [-0.2, 0) is 19.1 Å². The van der Waals surface area contributed by atoms with Gasteiger partial charge in [0.25, 0.3) is 5.91 Å². The molecule has 0 spiro atoms. The fraction of sp³-hybridized carbons (Fsp3) is 0.500. The van der Waals surface area contributed by atoms with Crippen LogP contribution in [0.15, 0.2) is 36.4 Å². The monoisotopic (exact) mass is 512 g/mol. The summed E-state index contributed by atoms with van der Waals surface area (Å²) < 4.78 is 9.74. The fourth-order valence-electron chi connectivity index (χ4n) is 2.37. The lowest BCUT2D eigenvalue weighted by Gasteiger charge is -2.21. The number of thioether (sulfide) groups is 1.